The van der Waals surface area contributed by atoms with Gasteiger partial charge in [-0.25, -0.2) is 4.98 Å². The highest BCUT2D eigenvalue weighted by Gasteiger charge is 2.49. The van der Waals surface area contributed by atoms with Gasteiger partial charge in [-0.1, -0.05) is 0 Å². The van der Waals surface area contributed by atoms with Gasteiger partial charge in [-0.15, -0.1) is 0 Å². The predicted molar refractivity (Wildman–Crippen MR) is 89.0 cm³/mol. The van der Waals surface area contributed by atoms with Crippen molar-refractivity contribution in [1.29, 1.82) is 0 Å². The molecule has 0 bridgehead atoms. The maximum atomic E-state index is 6.18. The van der Waals surface area contributed by atoms with Gasteiger partial charge in [0.15, 0.2) is 0 Å². The zero-order chi connectivity index (χ0) is 16.2. The lowest BCUT2D eigenvalue weighted by Gasteiger charge is -2.56. The third-order valence-electron chi connectivity index (χ3n) is 5.60. The third-order valence-corrected chi connectivity index (χ3v) is 5.60. The van der Waals surface area contributed by atoms with Crippen LogP contribution in [0, 0.1) is 5.92 Å². The van der Waals surface area contributed by atoms with Gasteiger partial charge in [0.1, 0.15) is 0 Å². The van der Waals surface area contributed by atoms with Gasteiger partial charge in [0, 0.05) is 51.3 Å². The van der Waals surface area contributed by atoms with Gasteiger partial charge >= 0.3 is 0 Å². The Bertz CT molecular complexity index is 516. The fourth-order valence-corrected chi connectivity index (χ4v) is 4.29. The van der Waals surface area contributed by atoms with E-state index in [9.17, 15) is 0 Å². The SMILES string of the molecule is c1cnc(OCCC2CCOC3(C2)CN(C2CCOCC2)C3)cn1. The summed E-state index contributed by atoms with van der Waals surface area (Å²) in [6, 6.07) is 0.702. The standard InChI is InChI=1S/C18H27N3O3/c1(9-23-17-12-19-5-6-20-17)15-2-10-24-18(11-15)13-21(14-18)16-3-7-22-8-4-16/h5-6,12,15-16H,1-4,7-11,13-14H2. The summed E-state index contributed by atoms with van der Waals surface area (Å²) >= 11 is 0. The van der Waals surface area contributed by atoms with Crippen molar-refractivity contribution in [1.82, 2.24) is 14.9 Å². The Balaban J connectivity index is 1.21. The average Bonchev–Trinajstić information content (AvgIpc) is 2.61. The van der Waals surface area contributed by atoms with Gasteiger partial charge in [-0.05, 0) is 38.0 Å². The van der Waals surface area contributed by atoms with Crippen LogP contribution in [0.4, 0.5) is 0 Å². The molecule has 4 heterocycles. The Labute approximate surface area is 143 Å². The second kappa shape index (κ2) is 7.33. The lowest BCUT2D eigenvalue weighted by atomic mass is 9.78. The predicted octanol–water partition coefficient (Wildman–Crippen LogP) is 1.91. The van der Waals surface area contributed by atoms with Crippen molar-refractivity contribution in [2.75, 3.05) is 39.5 Å². The number of hydrogen-bond donors (Lipinski definition) is 0. The summed E-state index contributed by atoms with van der Waals surface area (Å²) in [6.07, 6.45) is 10.7. The van der Waals surface area contributed by atoms with Crippen molar-refractivity contribution in [3.05, 3.63) is 18.6 Å². The zero-order valence-corrected chi connectivity index (χ0v) is 14.2. The second-order valence-electron chi connectivity index (χ2n) is 7.32. The van der Waals surface area contributed by atoms with E-state index in [-0.39, 0.29) is 5.60 Å². The molecule has 1 spiro atoms. The summed E-state index contributed by atoms with van der Waals surface area (Å²) in [5, 5.41) is 0. The van der Waals surface area contributed by atoms with E-state index in [4.69, 9.17) is 14.2 Å². The highest BCUT2D eigenvalue weighted by atomic mass is 16.5. The molecule has 3 aliphatic heterocycles. The molecule has 3 fully saturated rings. The van der Waals surface area contributed by atoms with Crippen molar-refractivity contribution in [3.63, 3.8) is 0 Å². The van der Waals surface area contributed by atoms with Crippen LogP contribution in [0.5, 0.6) is 5.88 Å². The Morgan fingerprint density at radius 1 is 1.17 bits per heavy atom. The number of likely N-dealkylation sites (tertiary alicyclic amines) is 1. The van der Waals surface area contributed by atoms with E-state index < -0.39 is 0 Å². The van der Waals surface area contributed by atoms with Crippen molar-refractivity contribution in [3.8, 4) is 5.88 Å². The summed E-state index contributed by atoms with van der Waals surface area (Å²) < 4.78 is 17.4. The van der Waals surface area contributed by atoms with Gasteiger partial charge in [0.05, 0.1) is 18.4 Å². The fraction of sp³-hybridized carbons (Fsp3) is 0.778. The molecule has 24 heavy (non-hydrogen) atoms. The molecule has 0 aromatic carbocycles. The minimum atomic E-state index is 0.105. The van der Waals surface area contributed by atoms with Crippen molar-refractivity contribution >= 4 is 0 Å². The quantitative estimate of drug-likeness (QED) is 0.820. The van der Waals surface area contributed by atoms with Gasteiger partial charge in [-0.3, -0.25) is 9.88 Å². The van der Waals surface area contributed by atoms with Crippen molar-refractivity contribution < 1.29 is 14.2 Å². The Morgan fingerprint density at radius 3 is 2.83 bits per heavy atom. The number of nitrogens with zero attached hydrogens (tertiary/aromatic N) is 3. The number of ether oxygens (including phenoxy) is 3. The number of rotatable bonds is 5. The molecule has 1 unspecified atom stereocenters. The van der Waals surface area contributed by atoms with Crippen LogP contribution in [-0.2, 0) is 9.47 Å². The van der Waals surface area contributed by atoms with Crippen LogP contribution in [0.2, 0.25) is 0 Å². The van der Waals surface area contributed by atoms with E-state index in [1.165, 1.54) is 12.8 Å². The molecular weight excluding hydrogens is 306 g/mol. The van der Waals surface area contributed by atoms with E-state index in [1.54, 1.807) is 18.6 Å². The monoisotopic (exact) mass is 333 g/mol. The van der Waals surface area contributed by atoms with E-state index in [2.05, 4.69) is 14.9 Å². The summed E-state index contributed by atoms with van der Waals surface area (Å²) in [5.74, 6) is 1.31. The van der Waals surface area contributed by atoms with Crippen LogP contribution in [0.25, 0.3) is 0 Å². The largest absolute Gasteiger partial charge is 0.477 e. The minimum Gasteiger partial charge on any atom is -0.477 e. The molecule has 0 radical (unpaired) electrons. The molecule has 0 amide bonds. The molecule has 132 valence electrons. The summed E-state index contributed by atoms with van der Waals surface area (Å²) in [7, 11) is 0. The summed E-state index contributed by atoms with van der Waals surface area (Å²) in [6.45, 7) is 5.62. The van der Waals surface area contributed by atoms with Crippen LogP contribution in [0.15, 0.2) is 18.6 Å². The van der Waals surface area contributed by atoms with E-state index in [1.807, 2.05) is 0 Å². The molecular formula is C18H27N3O3. The van der Waals surface area contributed by atoms with Crippen LogP contribution in [0.3, 0.4) is 0 Å². The molecule has 6 heteroatoms. The number of aromatic nitrogens is 2. The highest BCUT2D eigenvalue weighted by molar-refractivity contribution is 5.03. The molecule has 0 N–H and O–H groups in total. The first-order chi connectivity index (χ1) is 11.8. The summed E-state index contributed by atoms with van der Waals surface area (Å²) in [4.78, 5) is 10.8. The molecule has 1 aromatic rings. The highest BCUT2D eigenvalue weighted by Crippen LogP contribution is 2.40. The molecule has 0 aliphatic carbocycles. The van der Waals surface area contributed by atoms with Gasteiger partial charge < -0.3 is 14.2 Å². The topological polar surface area (TPSA) is 56.7 Å². The van der Waals surface area contributed by atoms with Gasteiger partial charge in [0.2, 0.25) is 5.88 Å². The molecule has 0 saturated carbocycles. The molecule has 3 aliphatic rings. The normalized spacial score (nSPS) is 27.8. The van der Waals surface area contributed by atoms with E-state index in [0.29, 0.717) is 24.4 Å². The van der Waals surface area contributed by atoms with Crippen molar-refractivity contribution in [2.24, 2.45) is 5.92 Å². The Kier molecular flexibility index (Phi) is 4.96. The van der Waals surface area contributed by atoms with Crippen LogP contribution in [0.1, 0.15) is 32.1 Å². The second-order valence-corrected chi connectivity index (χ2v) is 7.32. The first-order valence-electron chi connectivity index (χ1n) is 9.18. The van der Waals surface area contributed by atoms with Crippen LogP contribution < -0.4 is 4.74 Å². The van der Waals surface area contributed by atoms with Crippen LogP contribution >= 0.6 is 0 Å². The average molecular weight is 333 g/mol. The lowest BCUT2D eigenvalue weighted by Crippen LogP contribution is -2.68. The maximum absolute atomic E-state index is 6.18. The van der Waals surface area contributed by atoms with E-state index in [0.717, 1.165) is 52.2 Å². The molecule has 6 nitrogen and oxygen atoms in total. The van der Waals surface area contributed by atoms with Gasteiger partial charge in [0.25, 0.3) is 0 Å². The summed E-state index contributed by atoms with van der Waals surface area (Å²) in [5.41, 5.74) is 0.105. The maximum Gasteiger partial charge on any atom is 0.232 e. The molecule has 3 saturated heterocycles. The van der Waals surface area contributed by atoms with E-state index >= 15 is 0 Å². The third kappa shape index (κ3) is 3.71. The van der Waals surface area contributed by atoms with Gasteiger partial charge in [-0.2, -0.15) is 0 Å². The first kappa shape index (κ1) is 16.2. The first-order valence-corrected chi connectivity index (χ1v) is 9.18. The molecule has 1 aromatic heterocycles. The lowest BCUT2D eigenvalue weighted by molar-refractivity contribution is -0.195. The van der Waals surface area contributed by atoms with Crippen molar-refractivity contribution in [2.45, 2.75) is 43.7 Å². The van der Waals surface area contributed by atoms with Crippen LogP contribution in [-0.4, -0.2) is 66.0 Å². The smallest absolute Gasteiger partial charge is 0.232 e. The minimum absolute atomic E-state index is 0.105. The Morgan fingerprint density at radius 2 is 2.04 bits per heavy atom. The Hall–Kier alpha value is -1.24. The number of hydrogen-bond acceptors (Lipinski definition) is 6. The zero-order valence-electron chi connectivity index (χ0n) is 14.2. The fourth-order valence-electron chi connectivity index (χ4n) is 4.29. The molecule has 4 rings (SSSR count). The molecule has 1 atom stereocenters.